The number of halogens is 1. The first kappa shape index (κ1) is 13.8. The third-order valence-electron chi connectivity index (χ3n) is 2.57. The van der Waals surface area contributed by atoms with Gasteiger partial charge >= 0.3 is 0 Å². The van der Waals surface area contributed by atoms with Gasteiger partial charge in [-0.3, -0.25) is 4.79 Å². The molecule has 0 saturated heterocycles. The highest BCUT2D eigenvalue weighted by Crippen LogP contribution is 2.20. The molecule has 100 valence electrons. The zero-order chi connectivity index (χ0) is 13.8. The van der Waals surface area contributed by atoms with E-state index in [1.807, 2.05) is 16.8 Å². The van der Waals surface area contributed by atoms with E-state index in [-0.39, 0.29) is 5.91 Å². The first-order chi connectivity index (χ1) is 9.11. The standard InChI is InChI=1S/C12H13ClN4OS/c1-17(6-8-2-3-19-7-8)12(18)9-4-10(13)11(16-14)15-5-9/h2-5,7H,6,14H2,1H3,(H,15,16). The number of rotatable bonds is 4. The summed E-state index contributed by atoms with van der Waals surface area (Å²) in [5.74, 6) is 5.45. The number of hydrogen-bond acceptors (Lipinski definition) is 5. The lowest BCUT2D eigenvalue weighted by molar-refractivity contribution is 0.0785. The Hall–Kier alpha value is -1.63. The van der Waals surface area contributed by atoms with Crippen molar-refractivity contribution in [3.63, 3.8) is 0 Å². The molecule has 0 aliphatic carbocycles. The molecule has 19 heavy (non-hydrogen) atoms. The van der Waals surface area contributed by atoms with Crippen LogP contribution in [0.1, 0.15) is 15.9 Å². The van der Waals surface area contributed by atoms with Gasteiger partial charge in [0.25, 0.3) is 5.91 Å². The van der Waals surface area contributed by atoms with E-state index in [0.717, 1.165) is 5.56 Å². The van der Waals surface area contributed by atoms with Gasteiger partial charge in [-0.25, -0.2) is 10.8 Å². The summed E-state index contributed by atoms with van der Waals surface area (Å²) in [6.45, 7) is 0.552. The maximum absolute atomic E-state index is 12.2. The van der Waals surface area contributed by atoms with Gasteiger partial charge < -0.3 is 10.3 Å². The van der Waals surface area contributed by atoms with Crippen molar-refractivity contribution in [2.75, 3.05) is 12.5 Å². The molecule has 2 heterocycles. The molecule has 0 saturated carbocycles. The molecule has 2 aromatic heterocycles. The van der Waals surface area contributed by atoms with Gasteiger partial charge in [0.2, 0.25) is 0 Å². The van der Waals surface area contributed by atoms with E-state index in [9.17, 15) is 4.79 Å². The molecular formula is C12H13ClN4OS. The number of thiophene rings is 1. The van der Waals surface area contributed by atoms with Crippen LogP contribution in [-0.4, -0.2) is 22.8 Å². The smallest absolute Gasteiger partial charge is 0.255 e. The molecule has 2 aromatic rings. The molecule has 0 spiro atoms. The van der Waals surface area contributed by atoms with Crippen LogP contribution in [0.25, 0.3) is 0 Å². The maximum Gasteiger partial charge on any atom is 0.255 e. The fourth-order valence-corrected chi connectivity index (χ4v) is 2.49. The van der Waals surface area contributed by atoms with Crippen LogP contribution in [0, 0.1) is 0 Å². The number of pyridine rings is 1. The van der Waals surface area contributed by atoms with Gasteiger partial charge in [0.15, 0.2) is 5.82 Å². The molecule has 0 atom stereocenters. The number of anilines is 1. The lowest BCUT2D eigenvalue weighted by atomic mass is 10.2. The quantitative estimate of drug-likeness (QED) is 0.671. The molecule has 0 aliphatic rings. The SMILES string of the molecule is CN(Cc1ccsc1)C(=O)c1cnc(NN)c(Cl)c1. The number of hydrazine groups is 1. The predicted molar refractivity (Wildman–Crippen MR) is 77.2 cm³/mol. The Morgan fingerprint density at radius 1 is 1.63 bits per heavy atom. The number of nitrogen functional groups attached to an aromatic ring is 1. The van der Waals surface area contributed by atoms with E-state index in [1.54, 1.807) is 29.4 Å². The number of carbonyl (C=O) groups excluding carboxylic acids is 1. The lowest BCUT2D eigenvalue weighted by Crippen LogP contribution is -2.26. The molecule has 1 amide bonds. The fraction of sp³-hybridized carbons (Fsp3) is 0.167. The van der Waals surface area contributed by atoms with Crippen LogP contribution in [0.15, 0.2) is 29.1 Å². The van der Waals surface area contributed by atoms with Crippen molar-refractivity contribution in [2.45, 2.75) is 6.54 Å². The molecule has 3 N–H and O–H groups in total. The highest BCUT2D eigenvalue weighted by atomic mass is 35.5. The normalized spacial score (nSPS) is 10.3. The van der Waals surface area contributed by atoms with E-state index in [4.69, 9.17) is 17.4 Å². The monoisotopic (exact) mass is 296 g/mol. The molecule has 7 heteroatoms. The second-order valence-electron chi connectivity index (χ2n) is 3.99. The minimum atomic E-state index is -0.135. The number of nitrogens with zero attached hydrogens (tertiary/aromatic N) is 2. The Bertz CT molecular complexity index is 573. The van der Waals surface area contributed by atoms with E-state index >= 15 is 0 Å². The van der Waals surface area contributed by atoms with Crippen molar-refractivity contribution in [1.82, 2.24) is 9.88 Å². The van der Waals surface area contributed by atoms with Gasteiger partial charge in [-0.2, -0.15) is 11.3 Å². The summed E-state index contributed by atoms with van der Waals surface area (Å²) in [7, 11) is 1.74. The summed E-state index contributed by atoms with van der Waals surface area (Å²) < 4.78 is 0. The molecule has 2 rings (SSSR count). The number of carbonyl (C=O) groups is 1. The van der Waals surface area contributed by atoms with Crippen molar-refractivity contribution >= 4 is 34.7 Å². The number of nitrogens with one attached hydrogen (secondary N) is 1. The van der Waals surface area contributed by atoms with Crippen molar-refractivity contribution in [3.8, 4) is 0 Å². The van der Waals surface area contributed by atoms with Gasteiger partial charge in [-0.15, -0.1) is 0 Å². The minimum absolute atomic E-state index is 0.135. The third-order valence-corrected chi connectivity index (χ3v) is 3.59. The molecule has 0 aliphatic heterocycles. The molecule has 0 radical (unpaired) electrons. The second-order valence-corrected chi connectivity index (χ2v) is 5.18. The summed E-state index contributed by atoms with van der Waals surface area (Å²) in [6.07, 6.45) is 1.45. The number of hydrogen-bond donors (Lipinski definition) is 2. The Labute approximate surface area is 120 Å². The largest absolute Gasteiger partial charge is 0.337 e. The van der Waals surface area contributed by atoms with Gasteiger partial charge in [0, 0.05) is 19.8 Å². The summed E-state index contributed by atoms with van der Waals surface area (Å²) in [5.41, 5.74) is 3.89. The first-order valence-corrected chi connectivity index (χ1v) is 6.82. The summed E-state index contributed by atoms with van der Waals surface area (Å²) in [5, 5.41) is 4.31. The lowest BCUT2D eigenvalue weighted by Gasteiger charge is -2.16. The number of amides is 1. The van der Waals surface area contributed by atoms with Crippen molar-refractivity contribution < 1.29 is 4.79 Å². The third kappa shape index (κ3) is 3.23. The Morgan fingerprint density at radius 3 is 3.00 bits per heavy atom. The van der Waals surface area contributed by atoms with Crippen LogP contribution in [0.3, 0.4) is 0 Å². The zero-order valence-corrected chi connectivity index (χ0v) is 11.8. The maximum atomic E-state index is 12.2. The van der Waals surface area contributed by atoms with E-state index in [0.29, 0.717) is 22.9 Å². The zero-order valence-electron chi connectivity index (χ0n) is 10.3. The fourth-order valence-electron chi connectivity index (χ4n) is 1.61. The average molecular weight is 297 g/mol. The van der Waals surface area contributed by atoms with E-state index in [1.165, 1.54) is 6.20 Å². The summed E-state index contributed by atoms with van der Waals surface area (Å²) in [6, 6.07) is 3.54. The van der Waals surface area contributed by atoms with Crippen molar-refractivity contribution in [3.05, 3.63) is 45.2 Å². The van der Waals surface area contributed by atoms with E-state index < -0.39 is 0 Å². The van der Waals surface area contributed by atoms with Crippen molar-refractivity contribution in [1.29, 1.82) is 0 Å². The van der Waals surface area contributed by atoms with Crippen LogP contribution in [0.2, 0.25) is 5.02 Å². The first-order valence-electron chi connectivity index (χ1n) is 5.50. The summed E-state index contributed by atoms with van der Waals surface area (Å²) in [4.78, 5) is 17.8. The van der Waals surface area contributed by atoms with Crippen molar-refractivity contribution in [2.24, 2.45) is 5.84 Å². The molecule has 5 nitrogen and oxygen atoms in total. The number of nitrogens with two attached hydrogens (primary N) is 1. The number of aromatic nitrogens is 1. The van der Waals surface area contributed by atoms with Crippen LogP contribution in [-0.2, 0) is 6.54 Å². The average Bonchev–Trinajstić information content (AvgIpc) is 2.90. The summed E-state index contributed by atoms with van der Waals surface area (Å²) >= 11 is 7.55. The van der Waals surface area contributed by atoms with E-state index in [2.05, 4.69) is 10.4 Å². The van der Waals surface area contributed by atoms with Crippen LogP contribution >= 0.6 is 22.9 Å². The van der Waals surface area contributed by atoms with Gasteiger partial charge in [0.05, 0.1) is 10.6 Å². The Balaban J connectivity index is 2.12. The highest BCUT2D eigenvalue weighted by Gasteiger charge is 2.14. The van der Waals surface area contributed by atoms with Gasteiger partial charge in [-0.05, 0) is 28.5 Å². The Kier molecular flexibility index (Phi) is 4.36. The van der Waals surface area contributed by atoms with Gasteiger partial charge in [0.1, 0.15) is 0 Å². The topological polar surface area (TPSA) is 71.2 Å². The Morgan fingerprint density at radius 2 is 2.42 bits per heavy atom. The molecule has 0 fully saturated rings. The van der Waals surface area contributed by atoms with Crippen LogP contribution in [0.5, 0.6) is 0 Å². The second kappa shape index (κ2) is 6.01. The van der Waals surface area contributed by atoms with Crippen LogP contribution in [0.4, 0.5) is 5.82 Å². The minimum Gasteiger partial charge on any atom is -0.337 e. The molecule has 0 unspecified atom stereocenters. The van der Waals surface area contributed by atoms with Gasteiger partial charge in [-0.1, -0.05) is 11.6 Å². The predicted octanol–water partition coefficient (Wildman–Crippen LogP) is 2.35. The molecular weight excluding hydrogens is 284 g/mol. The molecule has 0 aromatic carbocycles. The van der Waals surface area contributed by atoms with Crippen LogP contribution < -0.4 is 11.3 Å². The highest BCUT2D eigenvalue weighted by molar-refractivity contribution is 7.07. The molecule has 0 bridgehead atoms.